The molecule has 0 bridgehead atoms. The number of nitrogens with one attached hydrogen (secondary N) is 1. The Morgan fingerprint density at radius 2 is 2.05 bits per heavy atom. The number of rotatable bonds is 3. The summed E-state index contributed by atoms with van der Waals surface area (Å²) in [5.41, 5.74) is 3.52. The van der Waals surface area contributed by atoms with Crippen LogP contribution < -0.4 is 5.32 Å². The Labute approximate surface area is 119 Å². The van der Waals surface area contributed by atoms with Gasteiger partial charge < -0.3 is 5.32 Å². The second-order valence-electron chi connectivity index (χ2n) is 5.31. The van der Waals surface area contributed by atoms with E-state index in [0.717, 1.165) is 36.6 Å². The van der Waals surface area contributed by atoms with Gasteiger partial charge in [0.15, 0.2) is 5.82 Å². The zero-order valence-electron chi connectivity index (χ0n) is 12.2. The number of anilines is 1. The quantitative estimate of drug-likeness (QED) is 0.872. The van der Waals surface area contributed by atoms with Crippen LogP contribution in [0, 0.1) is 0 Å². The van der Waals surface area contributed by atoms with Gasteiger partial charge in [0, 0.05) is 31.0 Å². The van der Waals surface area contributed by atoms with Crippen molar-refractivity contribution in [2.24, 2.45) is 7.05 Å². The maximum atomic E-state index is 4.80. The molecular formula is C15H21N5. The highest BCUT2D eigenvalue weighted by Gasteiger charge is 2.17. The van der Waals surface area contributed by atoms with Gasteiger partial charge in [-0.1, -0.05) is 6.42 Å². The molecule has 0 saturated carbocycles. The van der Waals surface area contributed by atoms with Crippen molar-refractivity contribution in [1.29, 1.82) is 0 Å². The van der Waals surface area contributed by atoms with Crippen molar-refractivity contribution >= 4 is 5.82 Å². The van der Waals surface area contributed by atoms with Crippen molar-refractivity contribution < 1.29 is 0 Å². The molecule has 0 spiro atoms. The van der Waals surface area contributed by atoms with E-state index < -0.39 is 0 Å². The van der Waals surface area contributed by atoms with Crippen LogP contribution in [0.15, 0.2) is 12.4 Å². The van der Waals surface area contributed by atoms with Crippen LogP contribution in [0.5, 0.6) is 0 Å². The fourth-order valence-electron chi connectivity index (χ4n) is 2.75. The zero-order valence-corrected chi connectivity index (χ0v) is 12.2. The lowest BCUT2D eigenvalue weighted by molar-refractivity contribution is 0.709. The zero-order chi connectivity index (χ0) is 13.9. The van der Waals surface area contributed by atoms with Crippen molar-refractivity contribution in [2.45, 2.75) is 39.0 Å². The summed E-state index contributed by atoms with van der Waals surface area (Å²) in [4.78, 5) is 9.52. The third kappa shape index (κ3) is 2.53. The third-order valence-corrected chi connectivity index (χ3v) is 3.74. The summed E-state index contributed by atoms with van der Waals surface area (Å²) in [7, 11) is 1.91. The van der Waals surface area contributed by atoms with Crippen LogP contribution in [0.1, 0.15) is 37.4 Å². The average Bonchev–Trinajstić information content (AvgIpc) is 2.73. The maximum absolute atomic E-state index is 4.80. The molecule has 2 aromatic rings. The molecular weight excluding hydrogens is 250 g/mol. The van der Waals surface area contributed by atoms with Crippen LogP contribution in [0.2, 0.25) is 0 Å². The molecule has 0 fully saturated rings. The van der Waals surface area contributed by atoms with Crippen molar-refractivity contribution in [2.75, 3.05) is 11.9 Å². The van der Waals surface area contributed by atoms with Gasteiger partial charge in [-0.05, 0) is 32.6 Å². The summed E-state index contributed by atoms with van der Waals surface area (Å²) in [5, 5.41) is 7.62. The van der Waals surface area contributed by atoms with Gasteiger partial charge in [-0.25, -0.2) is 9.97 Å². The Balaban J connectivity index is 2.08. The van der Waals surface area contributed by atoms with Crippen LogP contribution in [0.25, 0.3) is 11.4 Å². The Bertz CT molecular complexity index is 602. The van der Waals surface area contributed by atoms with Gasteiger partial charge in [-0.3, -0.25) is 4.68 Å². The predicted octanol–water partition coefficient (Wildman–Crippen LogP) is 2.58. The molecule has 0 aromatic carbocycles. The first-order valence-electron chi connectivity index (χ1n) is 7.40. The Kier molecular flexibility index (Phi) is 3.67. The number of hydrogen-bond donors (Lipinski definition) is 1. The smallest absolute Gasteiger partial charge is 0.164 e. The lowest BCUT2D eigenvalue weighted by Gasteiger charge is -2.13. The second-order valence-corrected chi connectivity index (χ2v) is 5.31. The van der Waals surface area contributed by atoms with Crippen molar-refractivity contribution in [1.82, 2.24) is 19.7 Å². The summed E-state index contributed by atoms with van der Waals surface area (Å²) in [6, 6.07) is 0. The molecule has 20 heavy (non-hydrogen) atoms. The first-order valence-corrected chi connectivity index (χ1v) is 7.40. The average molecular weight is 271 g/mol. The van der Waals surface area contributed by atoms with Crippen molar-refractivity contribution in [3.63, 3.8) is 0 Å². The molecule has 1 N–H and O–H groups in total. The first-order chi connectivity index (χ1) is 9.78. The molecule has 5 heteroatoms. The molecule has 2 heterocycles. The largest absolute Gasteiger partial charge is 0.370 e. The molecule has 0 saturated heterocycles. The molecule has 106 valence electrons. The number of aryl methyl sites for hydroxylation is 2. The topological polar surface area (TPSA) is 55.6 Å². The summed E-state index contributed by atoms with van der Waals surface area (Å²) >= 11 is 0. The summed E-state index contributed by atoms with van der Waals surface area (Å²) in [6.07, 6.45) is 9.68. The summed E-state index contributed by atoms with van der Waals surface area (Å²) in [5.74, 6) is 1.80. The molecule has 0 radical (unpaired) electrons. The fourth-order valence-corrected chi connectivity index (χ4v) is 2.75. The van der Waals surface area contributed by atoms with E-state index in [9.17, 15) is 0 Å². The molecule has 0 aliphatic heterocycles. The van der Waals surface area contributed by atoms with E-state index in [4.69, 9.17) is 9.97 Å². The van der Waals surface area contributed by atoms with Crippen molar-refractivity contribution in [3.05, 3.63) is 23.7 Å². The molecule has 0 atom stereocenters. The van der Waals surface area contributed by atoms with E-state index in [1.807, 2.05) is 19.4 Å². The minimum absolute atomic E-state index is 0.787. The maximum Gasteiger partial charge on any atom is 0.164 e. The van der Waals surface area contributed by atoms with Gasteiger partial charge in [0.05, 0.1) is 11.8 Å². The minimum Gasteiger partial charge on any atom is -0.370 e. The molecule has 0 unspecified atom stereocenters. The lowest BCUT2D eigenvalue weighted by Crippen LogP contribution is -2.09. The van der Waals surface area contributed by atoms with E-state index in [0.29, 0.717) is 0 Å². The second kappa shape index (κ2) is 5.61. The number of aromatic nitrogens is 4. The van der Waals surface area contributed by atoms with Crippen LogP contribution in [-0.4, -0.2) is 26.3 Å². The molecule has 3 rings (SSSR count). The first kappa shape index (κ1) is 13.1. The van der Waals surface area contributed by atoms with Crippen molar-refractivity contribution in [3.8, 4) is 11.4 Å². The predicted molar refractivity (Wildman–Crippen MR) is 79.7 cm³/mol. The molecule has 5 nitrogen and oxygen atoms in total. The van der Waals surface area contributed by atoms with Gasteiger partial charge in [-0.2, -0.15) is 5.10 Å². The highest BCUT2D eigenvalue weighted by Crippen LogP contribution is 2.27. The third-order valence-electron chi connectivity index (χ3n) is 3.74. The van der Waals surface area contributed by atoms with E-state index >= 15 is 0 Å². The van der Waals surface area contributed by atoms with Gasteiger partial charge >= 0.3 is 0 Å². The van der Waals surface area contributed by atoms with Crippen LogP contribution in [-0.2, 0) is 19.9 Å². The normalized spacial score (nSPS) is 14.7. The molecule has 1 aliphatic rings. The van der Waals surface area contributed by atoms with Crippen LogP contribution in [0.4, 0.5) is 5.82 Å². The minimum atomic E-state index is 0.787. The molecule has 2 aromatic heterocycles. The highest BCUT2D eigenvalue weighted by atomic mass is 15.2. The van der Waals surface area contributed by atoms with Gasteiger partial charge in [0.1, 0.15) is 5.82 Å². The Morgan fingerprint density at radius 1 is 1.20 bits per heavy atom. The van der Waals surface area contributed by atoms with E-state index in [1.165, 1.54) is 30.5 Å². The Morgan fingerprint density at radius 3 is 2.80 bits per heavy atom. The number of nitrogens with zero attached hydrogens (tertiary/aromatic N) is 4. The van der Waals surface area contributed by atoms with Gasteiger partial charge in [0.25, 0.3) is 0 Å². The van der Waals surface area contributed by atoms with E-state index in [2.05, 4.69) is 17.3 Å². The fraction of sp³-hybridized carbons (Fsp3) is 0.533. The monoisotopic (exact) mass is 271 g/mol. The van der Waals surface area contributed by atoms with E-state index in [-0.39, 0.29) is 0 Å². The Hall–Kier alpha value is -1.91. The highest BCUT2D eigenvalue weighted by molar-refractivity contribution is 5.58. The number of fused-ring (bicyclic) bond motifs is 1. The van der Waals surface area contributed by atoms with Gasteiger partial charge in [0.2, 0.25) is 0 Å². The van der Waals surface area contributed by atoms with Crippen LogP contribution >= 0.6 is 0 Å². The van der Waals surface area contributed by atoms with E-state index in [1.54, 1.807) is 4.68 Å². The lowest BCUT2D eigenvalue weighted by atomic mass is 10.1. The van der Waals surface area contributed by atoms with Crippen LogP contribution in [0.3, 0.4) is 0 Å². The summed E-state index contributed by atoms with van der Waals surface area (Å²) in [6.45, 7) is 2.99. The standard InChI is InChI=1S/C15H21N5/c1-3-16-15-12-7-5-4-6-8-13(12)18-14(19-15)11-9-17-20(2)10-11/h9-10H,3-8H2,1-2H3,(H,16,18,19). The summed E-state index contributed by atoms with van der Waals surface area (Å²) < 4.78 is 1.79. The SMILES string of the molecule is CCNc1nc(-c2cnn(C)c2)nc2c1CCCCC2. The molecule has 1 aliphatic carbocycles. The number of hydrogen-bond acceptors (Lipinski definition) is 4. The van der Waals surface area contributed by atoms with Gasteiger partial charge in [-0.15, -0.1) is 0 Å². The molecule has 0 amide bonds.